The molecular weight excluding hydrogens is 677 g/mol. The van der Waals surface area contributed by atoms with Crippen LogP contribution in [0.4, 0.5) is 5.69 Å². The normalized spacial score (nSPS) is 14.3. The molecule has 4 aromatic rings. The van der Waals surface area contributed by atoms with Crippen LogP contribution in [-0.2, 0) is 32.6 Å². The Morgan fingerprint density at radius 2 is 1.40 bits per heavy atom. The number of halogens is 3. The fourth-order valence-electron chi connectivity index (χ4n) is 5.79. The first-order chi connectivity index (χ1) is 22.6. The highest BCUT2D eigenvalue weighted by molar-refractivity contribution is 7.92. The molecule has 0 heterocycles. The van der Waals surface area contributed by atoms with Crippen molar-refractivity contribution in [2.75, 3.05) is 10.8 Å². The van der Waals surface area contributed by atoms with Gasteiger partial charge in [0.25, 0.3) is 10.0 Å². The molecule has 0 aromatic heterocycles. The first-order valence-electron chi connectivity index (χ1n) is 15.5. The van der Waals surface area contributed by atoms with E-state index in [1.54, 1.807) is 48.5 Å². The third-order valence-electron chi connectivity index (χ3n) is 8.30. The molecule has 7 nitrogen and oxygen atoms in total. The number of nitrogens with one attached hydrogen (secondary N) is 1. The van der Waals surface area contributed by atoms with Crippen LogP contribution in [0.2, 0.25) is 15.1 Å². The molecule has 0 radical (unpaired) electrons. The predicted octanol–water partition coefficient (Wildman–Crippen LogP) is 7.93. The van der Waals surface area contributed by atoms with E-state index in [1.807, 2.05) is 30.3 Å². The Morgan fingerprint density at radius 1 is 0.787 bits per heavy atom. The zero-order chi connectivity index (χ0) is 33.4. The largest absolute Gasteiger partial charge is 0.352 e. The van der Waals surface area contributed by atoms with Gasteiger partial charge in [-0.15, -0.1) is 0 Å². The average molecular weight is 713 g/mol. The topological polar surface area (TPSA) is 86.8 Å². The minimum Gasteiger partial charge on any atom is -0.352 e. The van der Waals surface area contributed by atoms with Gasteiger partial charge in [-0.2, -0.15) is 0 Å². The van der Waals surface area contributed by atoms with Crippen LogP contribution in [0.15, 0.2) is 108 Å². The molecule has 0 saturated heterocycles. The van der Waals surface area contributed by atoms with E-state index >= 15 is 0 Å². The van der Waals surface area contributed by atoms with Crippen molar-refractivity contribution in [3.05, 3.63) is 129 Å². The zero-order valence-electron chi connectivity index (χ0n) is 25.7. The molecule has 1 atom stereocenters. The molecule has 1 aliphatic carbocycles. The molecule has 1 fully saturated rings. The molecule has 47 heavy (non-hydrogen) atoms. The molecule has 11 heteroatoms. The monoisotopic (exact) mass is 711 g/mol. The molecule has 2 amide bonds. The van der Waals surface area contributed by atoms with Crippen LogP contribution in [0.1, 0.15) is 43.2 Å². The summed E-state index contributed by atoms with van der Waals surface area (Å²) in [6, 6.07) is 27.6. The lowest BCUT2D eigenvalue weighted by atomic mass is 9.94. The average Bonchev–Trinajstić information content (AvgIpc) is 3.07. The summed E-state index contributed by atoms with van der Waals surface area (Å²) in [5, 5.41) is 4.34. The number of sulfonamides is 1. The Morgan fingerprint density at radius 3 is 2.04 bits per heavy atom. The molecule has 0 bridgehead atoms. The van der Waals surface area contributed by atoms with Gasteiger partial charge in [-0.25, -0.2) is 8.42 Å². The van der Waals surface area contributed by atoms with Crippen LogP contribution in [0.3, 0.4) is 0 Å². The van der Waals surface area contributed by atoms with Crippen molar-refractivity contribution in [1.29, 1.82) is 0 Å². The van der Waals surface area contributed by atoms with Crippen LogP contribution in [0, 0.1) is 0 Å². The number of nitrogens with zero attached hydrogens (tertiary/aromatic N) is 2. The minimum absolute atomic E-state index is 0.00306. The second-order valence-corrected chi connectivity index (χ2v) is 14.7. The Bertz CT molecular complexity index is 1770. The van der Waals surface area contributed by atoms with Crippen molar-refractivity contribution in [2.45, 2.75) is 62.0 Å². The molecular formula is C36H36Cl3N3O4S. The third-order valence-corrected chi connectivity index (χ3v) is 10.9. The Labute approximate surface area is 291 Å². The van der Waals surface area contributed by atoms with Crippen LogP contribution >= 0.6 is 34.8 Å². The second kappa shape index (κ2) is 16.0. The lowest BCUT2D eigenvalue weighted by molar-refractivity contribution is -0.140. The van der Waals surface area contributed by atoms with E-state index in [-0.39, 0.29) is 29.8 Å². The maximum absolute atomic E-state index is 14.6. The number of hydrogen-bond donors (Lipinski definition) is 1. The maximum Gasteiger partial charge on any atom is 0.264 e. The number of rotatable bonds is 12. The minimum atomic E-state index is -4.23. The van der Waals surface area contributed by atoms with Crippen molar-refractivity contribution >= 4 is 62.3 Å². The Kier molecular flexibility index (Phi) is 11.9. The highest BCUT2D eigenvalue weighted by Gasteiger charge is 2.35. The van der Waals surface area contributed by atoms with Crippen molar-refractivity contribution in [2.24, 2.45) is 0 Å². The fourth-order valence-corrected chi connectivity index (χ4v) is 7.80. The summed E-state index contributed by atoms with van der Waals surface area (Å²) in [5.41, 5.74) is 1.72. The Balaban J connectivity index is 1.56. The number of carbonyl (C=O) groups is 2. The van der Waals surface area contributed by atoms with Crippen LogP contribution in [0.5, 0.6) is 0 Å². The summed E-state index contributed by atoms with van der Waals surface area (Å²) >= 11 is 18.9. The first-order valence-corrected chi connectivity index (χ1v) is 18.1. The van der Waals surface area contributed by atoms with Gasteiger partial charge in [-0.3, -0.25) is 13.9 Å². The van der Waals surface area contributed by atoms with E-state index < -0.39 is 28.5 Å². The van der Waals surface area contributed by atoms with Gasteiger partial charge in [-0.05, 0) is 72.5 Å². The SMILES string of the molecule is O=C(NC1CCCCC1)C(Cc1ccccc1)N(Cc1ccc(Cl)cc1Cl)C(=O)CN(c1ccccc1)S(=O)(=O)c1ccc(Cl)cc1. The van der Waals surface area contributed by atoms with E-state index in [0.29, 0.717) is 26.3 Å². The zero-order valence-corrected chi connectivity index (χ0v) is 28.8. The summed E-state index contributed by atoms with van der Waals surface area (Å²) in [6.45, 7) is -0.615. The van der Waals surface area contributed by atoms with E-state index in [0.717, 1.165) is 42.0 Å². The summed E-state index contributed by atoms with van der Waals surface area (Å²) in [6.07, 6.45) is 5.10. The smallest absolute Gasteiger partial charge is 0.264 e. The summed E-state index contributed by atoms with van der Waals surface area (Å²) in [7, 11) is -4.23. The Hall–Kier alpha value is -3.56. The quantitative estimate of drug-likeness (QED) is 0.162. The number of amides is 2. The fraction of sp³-hybridized carbons (Fsp3) is 0.278. The van der Waals surface area contributed by atoms with Gasteiger partial charge < -0.3 is 10.2 Å². The number of para-hydroxylation sites is 1. The lowest BCUT2D eigenvalue weighted by Crippen LogP contribution is -2.55. The molecule has 1 unspecified atom stereocenters. The van der Waals surface area contributed by atoms with Gasteiger partial charge >= 0.3 is 0 Å². The van der Waals surface area contributed by atoms with E-state index in [4.69, 9.17) is 34.8 Å². The summed E-state index contributed by atoms with van der Waals surface area (Å²) in [4.78, 5) is 30.2. The van der Waals surface area contributed by atoms with Gasteiger partial charge in [0, 0.05) is 34.1 Å². The summed E-state index contributed by atoms with van der Waals surface area (Å²) in [5.74, 6) is -0.872. The van der Waals surface area contributed by atoms with Gasteiger partial charge in [0.2, 0.25) is 11.8 Å². The number of hydrogen-bond acceptors (Lipinski definition) is 4. The molecule has 1 saturated carbocycles. The first kappa shape index (κ1) is 34.8. The van der Waals surface area contributed by atoms with Crippen LogP contribution < -0.4 is 9.62 Å². The van der Waals surface area contributed by atoms with Crippen molar-refractivity contribution < 1.29 is 18.0 Å². The van der Waals surface area contributed by atoms with E-state index in [1.165, 1.54) is 29.2 Å². The summed E-state index contributed by atoms with van der Waals surface area (Å²) < 4.78 is 29.3. The van der Waals surface area contributed by atoms with Crippen molar-refractivity contribution in [3.63, 3.8) is 0 Å². The van der Waals surface area contributed by atoms with Gasteiger partial charge in [-0.1, -0.05) is 109 Å². The van der Waals surface area contributed by atoms with Gasteiger partial charge in [0.1, 0.15) is 12.6 Å². The van der Waals surface area contributed by atoms with Crippen LogP contribution in [-0.4, -0.2) is 43.8 Å². The molecule has 5 rings (SSSR count). The van der Waals surface area contributed by atoms with E-state index in [9.17, 15) is 18.0 Å². The highest BCUT2D eigenvalue weighted by atomic mass is 35.5. The molecule has 246 valence electrons. The van der Waals surface area contributed by atoms with Gasteiger partial charge in [0.05, 0.1) is 10.6 Å². The van der Waals surface area contributed by atoms with Crippen molar-refractivity contribution in [3.8, 4) is 0 Å². The van der Waals surface area contributed by atoms with Crippen molar-refractivity contribution in [1.82, 2.24) is 10.2 Å². The molecule has 0 aliphatic heterocycles. The number of carbonyl (C=O) groups excluding carboxylic acids is 2. The van der Waals surface area contributed by atoms with Crippen LogP contribution in [0.25, 0.3) is 0 Å². The molecule has 0 spiro atoms. The third kappa shape index (κ3) is 9.08. The number of benzene rings is 4. The lowest BCUT2D eigenvalue weighted by Gasteiger charge is -2.35. The predicted molar refractivity (Wildman–Crippen MR) is 188 cm³/mol. The highest BCUT2D eigenvalue weighted by Crippen LogP contribution is 2.28. The second-order valence-electron chi connectivity index (χ2n) is 11.6. The maximum atomic E-state index is 14.6. The van der Waals surface area contributed by atoms with E-state index in [2.05, 4.69) is 5.32 Å². The standard InChI is InChI=1S/C36H36Cl3N3O4S/c37-28-18-20-32(21-19-28)47(45,46)42(31-14-8-3-9-15-31)25-35(43)41(24-27-16-17-29(38)23-33(27)39)34(22-26-10-4-1-5-11-26)36(44)40-30-12-6-2-7-13-30/h1,3-5,8-11,14-21,23,30,34H,2,6-7,12-13,22,24-25H2,(H,40,44). The molecule has 1 aliphatic rings. The molecule has 1 N–H and O–H groups in total. The molecule has 4 aromatic carbocycles. The number of anilines is 1. The van der Waals surface area contributed by atoms with Gasteiger partial charge in [0.15, 0.2) is 0 Å².